The maximum absolute atomic E-state index is 12.5. The van der Waals surface area contributed by atoms with Crippen molar-refractivity contribution in [3.05, 3.63) is 54.6 Å². The van der Waals surface area contributed by atoms with E-state index in [0.29, 0.717) is 42.4 Å². The molecule has 4 heterocycles. The molecule has 2 atom stereocenters. The highest BCUT2D eigenvalue weighted by atomic mass is 32.2. The van der Waals surface area contributed by atoms with Crippen LogP contribution in [0.5, 0.6) is 0 Å². The van der Waals surface area contributed by atoms with Crippen molar-refractivity contribution in [3.63, 3.8) is 0 Å². The molecule has 1 saturated heterocycles. The minimum Gasteiger partial charge on any atom is -0.365 e. The van der Waals surface area contributed by atoms with Gasteiger partial charge in [-0.15, -0.1) is 0 Å². The summed E-state index contributed by atoms with van der Waals surface area (Å²) in [6.45, 7) is 6.93. The number of pyridine rings is 1. The van der Waals surface area contributed by atoms with E-state index < -0.39 is 20.0 Å². The van der Waals surface area contributed by atoms with E-state index in [1.807, 2.05) is 19.2 Å². The van der Waals surface area contributed by atoms with Crippen molar-refractivity contribution in [1.82, 2.24) is 28.4 Å². The molecule has 1 aliphatic carbocycles. The van der Waals surface area contributed by atoms with Gasteiger partial charge in [-0.25, -0.2) is 31.8 Å². The van der Waals surface area contributed by atoms with Crippen molar-refractivity contribution in [2.24, 2.45) is 0 Å². The summed E-state index contributed by atoms with van der Waals surface area (Å²) in [5, 5.41) is 8.99. The highest BCUT2D eigenvalue weighted by Crippen LogP contribution is 2.39. The minimum atomic E-state index is -3.48. The second-order valence-corrected chi connectivity index (χ2v) is 15.5. The maximum Gasteiger partial charge on any atom is 0.256 e. The van der Waals surface area contributed by atoms with Crippen LogP contribution in [0.25, 0.3) is 22.2 Å². The Bertz CT molecular complexity index is 1890. The Morgan fingerprint density at radius 3 is 2.45 bits per heavy atom. The lowest BCUT2D eigenvalue weighted by atomic mass is 9.92. The molecule has 1 aliphatic heterocycles. The molecule has 6 rings (SSSR count). The number of sulfonamides is 1. The lowest BCUT2D eigenvalue weighted by Gasteiger charge is -2.51. The number of nitrogens with zero attached hydrogens (tertiary/aromatic N) is 7. The van der Waals surface area contributed by atoms with E-state index in [9.17, 15) is 16.8 Å². The quantitative estimate of drug-likeness (QED) is 0.299. The van der Waals surface area contributed by atoms with Gasteiger partial charge in [0.2, 0.25) is 10.0 Å². The predicted octanol–water partition coefficient (Wildman–Crippen LogP) is 3.56. The zero-order chi connectivity index (χ0) is 30.0. The van der Waals surface area contributed by atoms with Crippen LogP contribution in [0.2, 0.25) is 0 Å². The zero-order valence-electron chi connectivity index (χ0n) is 24.1. The van der Waals surface area contributed by atoms with Gasteiger partial charge in [-0.05, 0) is 54.8 Å². The van der Waals surface area contributed by atoms with Crippen LogP contribution in [-0.4, -0.2) is 82.5 Å². The van der Waals surface area contributed by atoms with Crippen LogP contribution in [0, 0.1) is 0 Å². The van der Waals surface area contributed by atoms with Gasteiger partial charge in [0.1, 0.15) is 11.6 Å². The molecular formula is C28H34N8O4S2. The number of likely N-dealkylation sites (N-methyl/N-ethyl adjacent to an activating group) is 1. The Balaban J connectivity index is 1.28. The standard InChI is InChI=1S/C28H34N8O4S2/c1-17(2)21-8-9-24(35-16-25(18(35)3)34(4)41(5,37)38)23-14-30-27(12-22(21)23)32-26-10-11-29-28(33-26)19-13-31-36(15-19)42(39,40)20-6-7-20/h8-15,17-18,20,25H,6-7,16H2,1-5H3,(H,29,30,32,33)/t18-,25+/m1/s1. The summed E-state index contributed by atoms with van der Waals surface area (Å²) in [6.07, 6.45) is 8.90. The van der Waals surface area contributed by atoms with Crippen molar-refractivity contribution in [2.75, 3.05) is 30.1 Å². The molecule has 3 aromatic heterocycles. The minimum absolute atomic E-state index is 0.0127. The summed E-state index contributed by atoms with van der Waals surface area (Å²) >= 11 is 0. The van der Waals surface area contributed by atoms with Crippen LogP contribution < -0.4 is 10.2 Å². The van der Waals surface area contributed by atoms with Gasteiger partial charge in [0.15, 0.2) is 5.82 Å². The van der Waals surface area contributed by atoms with E-state index in [1.165, 1.54) is 28.5 Å². The van der Waals surface area contributed by atoms with E-state index >= 15 is 0 Å². The normalized spacial score (nSPS) is 19.5. The smallest absolute Gasteiger partial charge is 0.256 e. The number of hydrogen-bond donors (Lipinski definition) is 1. The van der Waals surface area contributed by atoms with E-state index in [1.54, 1.807) is 19.3 Å². The van der Waals surface area contributed by atoms with E-state index in [0.717, 1.165) is 20.5 Å². The first-order chi connectivity index (χ1) is 19.8. The Morgan fingerprint density at radius 1 is 1.02 bits per heavy atom. The molecule has 4 aromatic rings. The van der Waals surface area contributed by atoms with Crippen molar-refractivity contribution in [1.29, 1.82) is 0 Å². The van der Waals surface area contributed by atoms with Crippen LogP contribution in [0.4, 0.5) is 17.3 Å². The van der Waals surface area contributed by atoms with Crippen molar-refractivity contribution in [3.8, 4) is 11.4 Å². The van der Waals surface area contributed by atoms with E-state index in [4.69, 9.17) is 0 Å². The topological polar surface area (TPSA) is 143 Å². The monoisotopic (exact) mass is 610 g/mol. The first-order valence-corrected chi connectivity index (χ1v) is 17.2. The molecule has 0 unspecified atom stereocenters. The molecule has 0 radical (unpaired) electrons. The van der Waals surface area contributed by atoms with Gasteiger partial charge in [0.05, 0.1) is 35.5 Å². The lowest BCUT2D eigenvalue weighted by Crippen LogP contribution is -2.65. The second kappa shape index (κ2) is 10.3. The molecule has 222 valence electrons. The molecule has 1 aromatic carbocycles. The molecule has 0 amide bonds. The Kier molecular flexibility index (Phi) is 6.97. The van der Waals surface area contributed by atoms with Gasteiger partial charge >= 0.3 is 0 Å². The molecule has 14 heteroatoms. The molecule has 0 bridgehead atoms. The average Bonchev–Trinajstić information content (AvgIpc) is 3.68. The third kappa shape index (κ3) is 5.11. The fourth-order valence-corrected chi connectivity index (χ4v) is 7.63. The number of anilines is 3. The van der Waals surface area contributed by atoms with Gasteiger partial charge in [0.25, 0.3) is 10.0 Å². The van der Waals surface area contributed by atoms with E-state index in [-0.39, 0.29) is 23.3 Å². The largest absolute Gasteiger partial charge is 0.365 e. The summed E-state index contributed by atoms with van der Waals surface area (Å²) in [5.41, 5.74) is 2.69. The first-order valence-electron chi connectivity index (χ1n) is 13.9. The highest BCUT2D eigenvalue weighted by Gasteiger charge is 2.42. The highest BCUT2D eigenvalue weighted by molar-refractivity contribution is 7.90. The first kappa shape index (κ1) is 28.5. The van der Waals surface area contributed by atoms with E-state index in [2.05, 4.69) is 56.2 Å². The summed E-state index contributed by atoms with van der Waals surface area (Å²) in [7, 11) is -5.12. The SMILES string of the molecule is CC(C)c1ccc(N2C[C@H](N(C)S(C)(=O)=O)[C@H]2C)c2cnc(Nc3ccnc(-c4cnn(S(=O)(=O)C5CC5)c4)n3)cc12. The van der Waals surface area contributed by atoms with Crippen LogP contribution in [0.1, 0.15) is 45.1 Å². The fraction of sp³-hybridized carbons (Fsp3) is 0.429. The van der Waals surface area contributed by atoms with Gasteiger partial charge in [-0.3, -0.25) is 0 Å². The van der Waals surface area contributed by atoms with Crippen LogP contribution in [0.3, 0.4) is 0 Å². The Hall–Kier alpha value is -3.62. The van der Waals surface area contributed by atoms with Gasteiger partial charge in [0, 0.05) is 43.1 Å². The number of benzene rings is 1. The molecule has 2 fully saturated rings. The number of nitrogens with one attached hydrogen (secondary N) is 1. The molecule has 0 spiro atoms. The third-order valence-corrected chi connectivity index (χ3v) is 11.6. The van der Waals surface area contributed by atoms with Crippen LogP contribution in [-0.2, 0) is 20.0 Å². The summed E-state index contributed by atoms with van der Waals surface area (Å²) in [4.78, 5) is 15.8. The van der Waals surface area contributed by atoms with Gasteiger partial charge in [-0.1, -0.05) is 19.9 Å². The molecule has 42 heavy (non-hydrogen) atoms. The van der Waals surface area contributed by atoms with Crippen molar-refractivity contribution >= 4 is 48.1 Å². The fourth-order valence-electron chi connectivity index (χ4n) is 5.42. The Labute approximate surface area is 245 Å². The van der Waals surface area contributed by atoms with Gasteiger partial charge in [-0.2, -0.15) is 13.5 Å². The average molecular weight is 611 g/mol. The number of rotatable bonds is 9. The number of hydrogen-bond acceptors (Lipinski definition) is 10. The second-order valence-electron chi connectivity index (χ2n) is 11.4. The molecular weight excluding hydrogens is 576 g/mol. The third-order valence-electron chi connectivity index (χ3n) is 8.20. The molecule has 12 nitrogen and oxygen atoms in total. The molecule has 2 aliphatic rings. The zero-order valence-corrected chi connectivity index (χ0v) is 25.8. The number of fused-ring (bicyclic) bond motifs is 1. The maximum atomic E-state index is 12.5. The summed E-state index contributed by atoms with van der Waals surface area (Å²) < 4.78 is 51.7. The summed E-state index contributed by atoms with van der Waals surface area (Å²) in [5.74, 6) is 1.73. The summed E-state index contributed by atoms with van der Waals surface area (Å²) in [6, 6.07) is 7.87. The van der Waals surface area contributed by atoms with Crippen LogP contribution >= 0.6 is 0 Å². The van der Waals surface area contributed by atoms with Crippen molar-refractivity contribution < 1.29 is 16.8 Å². The predicted molar refractivity (Wildman–Crippen MR) is 163 cm³/mol. The molecule has 1 N–H and O–H groups in total. The Morgan fingerprint density at radius 2 is 1.79 bits per heavy atom. The van der Waals surface area contributed by atoms with Crippen molar-refractivity contribution in [2.45, 2.75) is 56.9 Å². The molecule has 1 saturated carbocycles. The van der Waals surface area contributed by atoms with Gasteiger partial charge < -0.3 is 10.2 Å². The van der Waals surface area contributed by atoms with Crippen LogP contribution in [0.15, 0.2) is 49.1 Å². The number of aromatic nitrogens is 5. The lowest BCUT2D eigenvalue weighted by molar-refractivity contribution is 0.251.